The van der Waals surface area contributed by atoms with Gasteiger partial charge in [-0.15, -0.1) is 0 Å². The van der Waals surface area contributed by atoms with Crippen LogP contribution in [0.3, 0.4) is 0 Å². The maximum absolute atomic E-state index is 7.50. The molecule has 1 rings (SSSR count). The summed E-state index contributed by atoms with van der Waals surface area (Å²) in [4.78, 5) is 0. The molecule has 0 aliphatic heterocycles. The molecule has 1 aromatic carbocycles. The van der Waals surface area contributed by atoms with Crippen LogP contribution in [0.4, 0.5) is 0 Å². The van der Waals surface area contributed by atoms with Gasteiger partial charge in [0.15, 0.2) is 0 Å². The number of hydrogen-bond acceptors (Lipinski definition) is 1. The standard InChI is InChI=1S/C14H18NP.4CO.Fe/c1-13(2)15(16)12-8-4-7-11-14-9-5-3-6-10-14;4*1-2;/h3,5-6,9-10,13H,4,8,12H2,1-2H3;;;;;. The first-order chi connectivity index (χ1) is 12.2. The minimum atomic E-state index is 0.566. The van der Waals surface area contributed by atoms with E-state index in [0.717, 1.165) is 31.9 Å². The zero-order chi connectivity index (χ0) is 20.5. The van der Waals surface area contributed by atoms with Crippen LogP contribution in [0.15, 0.2) is 30.3 Å². The first-order valence-corrected chi connectivity index (χ1v) is 8.87. The quantitative estimate of drug-likeness (QED) is 0.186. The molecule has 0 fully saturated rings. The minimum absolute atomic E-state index is 0.566. The molecule has 0 radical (unpaired) electrons. The van der Waals surface area contributed by atoms with E-state index in [-0.39, 0.29) is 0 Å². The molecule has 132 valence electrons. The van der Waals surface area contributed by atoms with E-state index in [9.17, 15) is 0 Å². The molecule has 0 saturated carbocycles. The fourth-order valence-electron chi connectivity index (χ4n) is 1.39. The van der Waals surface area contributed by atoms with E-state index in [1.54, 1.807) is 0 Å². The fraction of sp³-hybridized carbons (Fsp3) is 0.333. The monoisotopic (exact) mass is 399 g/mol. The molecule has 7 heteroatoms. The summed E-state index contributed by atoms with van der Waals surface area (Å²) in [6.45, 7) is 24.6. The number of hydrogen-bond donors (Lipinski definition) is 0. The molecule has 0 bridgehead atoms. The van der Waals surface area contributed by atoms with Gasteiger partial charge in [0.1, 0.15) is 0 Å². The molecule has 0 heterocycles. The van der Waals surface area contributed by atoms with Crippen LogP contribution in [0.1, 0.15) is 32.3 Å². The molecule has 0 N–H and O–H groups in total. The van der Waals surface area contributed by atoms with Crippen molar-refractivity contribution in [1.82, 2.24) is 4.67 Å². The van der Waals surface area contributed by atoms with Crippen molar-refractivity contribution in [2.75, 3.05) is 6.54 Å². The summed E-state index contributed by atoms with van der Waals surface area (Å²) in [5.74, 6) is 6.40. The molecule has 0 atom stereocenters. The predicted octanol–water partition coefficient (Wildman–Crippen LogP) is 3.70. The van der Waals surface area contributed by atoms with Gasteiger partial charge in [-0.3, -0.25) is 0 Å². The second-order valence-corrected chi connectivity index (χ2v) is 5.42. The number of rotatable bonds is 5. The molecule has 0 saturated heterocycles. The summed E-state index contributed by atoms with van der Waals surface area (Å²) in [7, 11) is 0. The van der Waals surface area contributed by atoms with Gasteiger partial charge in [0, 0.05) is 0 Å². The van der Waals surface area contributed by atoms with Crippen LogP contribution in [-0.4, -0.2) is 17.3 Å². The van der Waals surface area contributed by atoms with E-state index in [4.69, 9.17) is 18.6 Å². The third-order valence-electron chi connectivity index (χ3n) is 2.38. The Labute approximate surface area is 159 Å². The molecular weight excluding hydrogens is 381 g/mol. The Bertz CT molecular complexity index is 532. The third kappa shape index (κ3) is 22.5. The Morgan fingerprint density at radius 2 is 1.48 bits per heavy atom. The van der Waals surface area contributed by atoms with E-state index in [0.29, 0.717) is 6.04 Å². The molecule has 0 amide bonds. The van der Waals surface area contributed by atoms with E-state index >= 15 is 0 Å². The Morgan fingerprint density at radius 1 is 1.00 bits per heavy atom. The Balaban J connectivity index is -0.000000241. The molecule has 1 aromatic rings. The molecule has 0 aliphatic rings. The first kappa shape index (κ1) is 31.3. The summed E-state index contributed by atoms with van der Waals surface area (Å²) in [6, 6.07) is 10.7. The van der Waals surface area contributed by atoms with Crippen molar-refractivity contribution in [2.24, 2.45) is 0 Å². The summed E-state index contributed by atoms with van der Waals surface area (Å²) >= 11 is 3.92. The van der Waals surface area contributed by atoms with E-state index in [1.807, 2.05) is 30.3 Å². The van der Waals surface area contributed by atoms with Crippen LogP contribution in [0.25, 0.3) is 0 Å². The van der Waals surface area contributed by atoms with Gasteiger partial charge in [-0.25, -0.2) is 0 Å². The van der Waals surface area contributed by atoms with Crippen molar-refractivity contribution in [2.45, 2.75) is 32.7 Å². The Hall–Kier alpha value is -1.48. The van der Waals surface area contributed by atoms with Gasteiger partial charge in [0.2, 0.25) is 0 Å². The number of unbranched alkanes of at least 4 members (excludes halogenated alkanes) is 1. The van der Waals surface area contributed by atoms with Crippen LogP contribution >= 0.6 is 6.98 Å². The maximum atomic E-state index is 7.50. The van der Waals surface area contributed by atoms with Crippen molar-refractivity contribution in [3.8, 4) is 11.8 Å². The summed E-state index contributed by atoms with van der Waals surface area (Å²) in [6.07, 6.45) is 2.06. The molecule has 5 nitrogen and oxygen atoms in total. The summed E-state index contributed by atoms with van der Waals surface area (Å²) in [5.41, 5.74) is 1.10. The zero-order valence-corrected chi connectivity index (χ0v) is 16.0. The van der Waals surface area contributed by atoms with Gasteiger partial charge in [0.05, 0.1) is 0 Å². The summed E-state index contributed by atoms with van der Waals surface area (Å²) in [5, 5.41) is 0. The van der Waals surface area contributed by atoms with Gasteiger partial charge >= 0.3 is 159 Å². The molecule has 0 unspecified atom stereocenters. The van der Waals surface area contributed by atoms with Crippen molar-refractivity contribution in [1.29, 1.82) is 0 Å². The molecule has 0 aromatic heterocycles. The second kappa shape index (κ2) is 30.4. The predicted molar refractivity (Wildman–Crippen MR) is 87.0 cm³/mol. The molecule has 0 aliphatic carbocycles. The summed E-state index contributed by atoms with van der Waals surface area (Å²) < 4.78 is 32.3. The van der Waals surface area contributed by atoms with E-state index in [2.05, 4.69) is 72.1 Å². The zero-order valence-electron chi connectivity index (χ0n) is 14.0. The van der Waals surface area contributed by atoms with Crippen LogP contribution < -0.4 is 0 Å². The van der Waals surface area contributed by atoms with E-state index in [1.165, 1.54) is 0 Å². The Kier molecular flexibility index (Phi) is 38.1. The van der Waals surface area contributed by atoms with Crippen LogP contribution in [0.5, 0.6) is 0 Å². The van der Waals surface area contributed by atoms with Crippen molar-refractivity contribution >= 4 is 6.98 Å². The number of nitrogens with zero attached hydrogens (tertiary/aromatic N) is 1. The average Bonchev–Trinajstić information content (AvgIpc) is 2.71. The van der Waals surface area contributed by atoms with Gasteiger partial charge in [-0.1, -0.05) is 0 Å². The number of benzene rings is 1. The normalized spacial score (nSPS) is 7.56. The first-order valence-electron chi connectivity index (χ1n) is 6.67. The van der Waals surface area contributed by atoms with Gasteiger partial charge < -0.3 is 0 Å². The van der Waals surface area contributed by atoms with Crippen molar-refractivity contribution < 1.29 is 33.7 Å². The van der Waals surface area contributed by atoms with Crippen molar-refractivity contribution in [3.63, 3.8) is 0 Å². The van der Waals surface area contributed by atoms with E-state index < -0.39 is 0 Å². The van der Waals surface area contributed by atoms with Crippen molar-refractivity contribution in [3.05, 3.63) is 62.5 Å². The average molecular weight is 399 g/mol. The molecule has 0 spiro atoms. The molecule has 25 heavy (non-hydrogen) atoms. The Morgan fingerprint density at radius 3 is 1.88 bits per heavy atom. The van der Waals surface area contributed by atoms with Gasteiger partial charge in [-0.05, 0) is 0 Å². The SMILES string of the molecule is CC(C)N(CCCC#Cc1ccccc1)[P]=[Fe].[C-]#[O+].[C-]#[O+].[C-]#[O+].[C-]#[O+]. The fourth-order valence-corrected chi connectivity index (χ4v) is 2.86. The second-order valence-electron chi connectivity index (χ2n) is 4.10. The molecular formula is C18H18FeNO4P. The topological polar surface area (TPSA) is 82.8 Å². The van der Waals surface area contributed by atoms with Crippen LogP contribution in [0, 0.1) is 38.4 Å². The van der Waals surface area contributed by atoms with Gasteiger partial charge in [-0.2, -0.15) is 0 Å². The van der Waals surface area contributed by atoms with Crippen LogP contribution in [-0.2, 0) is 33.7 Å². The van der Waals surface area contributed by atoms with Gasteiger partial charge in [0.25, 0.3) is 0 Å². The van der Waals surface area contributed by atoms with Crippen LogP contribution in [0.2, 0.25) is 0 Å². The third-order valence-corrected chi connectivity index (χ3v) is 4.08.